The van der Waals surface area contributed by atoms with E-state index in [1.807, 2.05) is 0 Å². The topological polar surface area (TPSA) is 20.3 Å². The van der Waals surface area contributed by atoms with Crippen molar-refractivity contribution in [1.82, 2.24) is 4.90 Å². The molecule has 0 unspecified atom stereocenters. The standard InChI is InChI=1S/C15H23NOS/c1-13(2)15-6-4-14(5-7-15)12-16-8-10-18(3,17)11-9-16/h4-7,13H,3,8-12H2,1-2H3. The van der Waals surface area contributed by atoms with E-state index in [0.29, 0.717) is 5.92 Å². The first-order valence-corrected chi connectivity index (χ1v) is 8.67. The molecule has 1 aliphatic rings. The van der Waals surface area contributed by atoms with E-state index in [-0.39, 0.29) is 0 Å². The molecular weight excluding hydrogens is 242 g/mol. The predicted octanol–water partition coefficient (Wildman–Crippen LogP) is 2.34. The van der Waals surface area contributed by atoms with Crippen LogP contribution in [0.5, 0.6) is 0 Å². The van der Waals surface area contributed by atoms with Crippen molar-refractivity contribution in [2.45, 2.75) is 26.3 Å². The third kappa shape index (κ3) is 3.59. The Morgan fingerprint density at radius 1 is 1.22 bits per heavy atom. The molecule has 1 heterocycles. The molecule has 2 nitrogen and oxygen atoms in total. The van der Waals surface area contributed by atoms with Crippen LogP contribution >= 0.6 is 0 Å². The molecular formula is C15H23NOS. The van der Waals surface area contributed by atoms with Crippen molar-refractivity contribution in [1.29, 1.82) is 0 Å². The highest BCUT2D eigenvalue weighted by molar-refractivity contribution is 8.00. The van der Waals surface area contributed by atoms with Gasteiger partial charge in [0.05, 0.1) is 0 Å². The molecule has 0 N–H and O–H groups in total. The number of rotatable bonds is 3. The second-order valence-electron chi connectivity index (χ2n) is 5.55. The van der Waals surface area contributed by atoms with Crippen molar-refractivity contribution < 1.29 is 4.21 Å². The summed E-state index contributed by atoms with van der Waals surface area (Å²) in [6, 6.07) is 8.86. The molecule has 100 valence electrons. The Morgan fingerprint density at radius 3 is 2.28 bits per heavy atom. The summed E-state index contributed by atoms with van der Waals surface area (Å²) >= 11 is 0. The monoisotopic (exact) mass is 265 g/mol. The molecule has 1 aromatic carbocycles. The van der Waals surface area contributed by atoms with Crippen LogP contribution in [-0.2, 0) is 16.1 Å². The van der Waals surface area contributed by atoms with Gasteiger partial charge in [0.25, 0.3) is 0 Å². The van der Waals surface area contributed by atoms with Crippen LogP contribution in [0.1, 0.15) is 30.9 Å². The molecule has 0 saturated carbocycles. The molecule has 2 rings (SSSR count). The normalized spacial score (nSPS) is 20.2. The smallest absolute Gasteiger partial charge is 0.0287 e. The van der Waals surface area contributed by atoms with Gasteiger partial charge in [0.15, 0.2) is 0 Å². The summed E-state index contributed by atoms with van der Waals surface area (Å²) in [5.41, 5.74) is 2.73. The van der Waals surface area contributed by atoms with Gasteiger partial charge in [-0.05, 0) is 32.4 Å². The number of hydrogen-bond donors (Lipinski definition) is 0. The summed E-state index contributed by atoms with van der Waals surface area (Å²) in [4.78, 5) is 2.37. The van der Waals surface area contributed by atoms with Crippen molar-refractivity contribution in [3.05, 3.63) is 35.4 Å². The summed E-state index contributed by atoms with van der Waals surface area (Å²) in [5.74, 6) is 5.89. The average molecular weight is 265 g/mol. The first-order valence-electron chi connectivity index (χ1n) is 6.60. The Kier molecular flexibility index (Phi) is 4.13. The maximum atomic E-state index is 11.8. The summed E-state index contributed by atoms with van der Waals surface area (Å²) in [6.07, 6.45) is 0. The van der Waals surface area contributed by atoms with Crippen molar-refractivity contribution in [2.75, 3.05) is 24.6 Å². The van der Waals surface area contributed by atoms with Gasteiger partial charge in [-0.15, -0.1) is 0 Å². The van der Waals surface area contributed by atoms with Gasteiger partial charge >= 0.3 is 0 Å². The fraction of sp³-hybridized carbons (Fsp3) is 0.533. The Morgan fingerprint density at radius 2 is 1.78 bits per heavy atom. The third-order valence-corrected chi connectivity index (χ3v) is 5.46. The summed E-state index contributed by atoms with van der Waals surface area (Å²) in [6.45, 7) is 7.21. The highest BCUT2D eigenvalue weighted by Crippen LogP contribution is 2.16. The maximum Gasteiger partial charge on any atom is 0.0287 e. The zero-order valence-corrected chi connectivity index (χ0v) is 12.2. The van der Waals surface area contributed by atoms with E-state index < -0.39 is 9.52 Å². The second-order valence-corrected chi connectivity index (χ2v) is 8.29. The summed E-state index contributed by atoms with van der Waals surface area (Å²) < 4.78 is 11.8. The zero-order valence-electron chi connectivity index (χ0n) is 11.4. The van der Waals surface area contributed by atoms with Crippen LogP contribution in [0.3, 0.4) is 0 Å². The summed E-state index contributed by atoms with van der Waals surface area (Å²) in [5, 5.41) is 0. The Bertz CT molecular complexity index is 474. The van der Waals surface area contributed by atoms with Crippen LogP contribution in [0.2, 0.25) is 0 Å². The number of nitrogens with zero attached hydrogens (tertiary/aromatic N) is 1. The highest BCUT2D eigenvalue weighted by atomic mass is 32.2. The molecule has 0 spiro atoms. The highest BCUT2D eigenvalue weighted by Gasteiger charge is 2.17. The van der Waals surface area contributed by atoms with Crippen LogP contribution in [0, 0.1) is 0 Å². The van der Waals surface area contributed by atoms with E-state index in [1.165, 1.54) is 11.1 Å². The van der Waals surface area contributed by atoms with Crippen LogP contribution in [0.25, 0.3) is 0 Å². The van der Waals surface area contributed by atoms with Crippen molar-refractivity contribution in [3.8, 4) is 0 Å². The van der Waals surface area contributed by atoms with Gasteiger partial charge in [0.1, 0.15) is 0 Å². The van der Waals surface area contributed by atoms with Crippen LogP contribution < -0.4 is 0 Å². The molecule has 1 aromatic rings. The largest absolute Gasteiger partial charge is 0.297 e. The van der Waals surface area contributed by atoms with Gasteiger partial charge in [0.2, 0.25) is 0 Å². The van der Waals surface area contributed by atoms with Crippen LogP contribution in [0.15, 0.2) is 24.3 Å². The van der Waals surface area contributed by atoms with Gasteiger partial charge in [0, 0.05) is 31.1 Å². The van der Waals surface area contributed by atoms with Crippen LogP contribution in [0.4, 0.5) is 0 Å². The Labute approximate surface area is 111 Å². The average Bonchev–Trinajstić information content (AvgIpc) is 2.33. The lowest BCUT2D eigenvalue weighted by Crippen LogP contribution is -2.39. The van der Waals surface area contributed by atoms with E-state index >= 15 is 0 Å². The fourth-order valence-electron chi connectivity index (χ4n) is 2.23. The molecule has 0 radical (unpaired) electrons. The predicted molar refractivity (Wildman–Crippen MR) is 80.8 cm³/mol. The van der Waals surface area contributed by atoms with Gasteiger partial charge in [-0.1, -0.05) is 38.1 Å². The molecule has 0 aliphatic carbocycles. The molecule has 1 saturated heterocycles. The quantitative estimate of drug-likeness (QED) is 0.782. The first kappa shape index (κ1) is 13.6. The van der Waals surface area contributed by atoms with Gasteiger partial charge in [-0.2, -0.15) is 0 Å². The van der Waals surface area contributed by atoms with Gasteiger partial charge < -0.3 is 0 Å². The van der Waals surface area contributed by atoms with Crippen molar-refractivity contribution in [2.24, 2.45) is 0 Å². The molecule has 0 aromatic heterocycles. The number of benzene rings is 1. The third-order valence-electron chi connectivity index (χ3n) is 3.61. The lowest BCUT2D eigenvalue weighted by molar-refractivity contribution is 0.291. The Hall–Kier alpha value is -0.800. The minimum atomic E-state index is -1.77. The number of hydrogen-bond acceptors (Lipinski definition) is 2. The first-order chi connectivity index (χ1) is 8.46. The van der Waals surface area contributed by atoms with Crippen LogP contribution in [-0.4, -0.2) is 39.6 Å². The van der Waals surface area contributed by atoms with E-state index in [2.05, 4.69) is 48.9 Å². The minimum absolute atomic E-state index is 0.588. The van der Waals surface area contributed by atoms with E-state index in [1.54, 1.807) is 0 Å². The van der Waals surface area contributed by atoms with E-state index in [0.717, 1.165) is 31.1 Å². The van der Waals surface area contributed by atoms with E-state index in [4.69, 9.17) is 0 Å². The molecule has 0 atom stereocenters. The van der Waals surface area contributed by atoms with Gasteiger partial charge in [-0.3, -0.25) is 9.11 Å². The zero-order chi connectivity index (χ0) is 13.2. The molecule has 18 heavy (non-hydrogen) atoms. The molecule has 1 fully saturated rings. The van der Waals surface area contributed by atoms with E-state index in [9.17, 15) is 4.21 Å². The summed E-state index contributed by atoms with van der Waals surface area (Å²) in [7, 11) is -1.77. The van der Waals surface area contributed by atoms with Crippen molar-refractivity contribution >= 4 is 15.4 Å². The molecule has 1 aliphatic heterocycles. The minimum Gasteiger partial charge on any atom is -0.297 e. The fourth-order valence-corrected chi connectivity index (χ4v) is 3.62. The maximum absolute atomic E-state index is 11.8. The Balaban J connectivity index is 1.94. The lowest BCUT2D eigenvalue weighted by Gasteiger charge is -2.28. The molecule has 3 heteroatoms. The SMILES string of the molecule is C=S1(=O)CCN(Cc2ccc(C(C)C)cc2)CC1. The molecule has 0 amide bonds. The second kappa shape index (κ2) is 5.45. The van der Waals surface area contributed by atoms with Gasteiger partial charge in [-0.25, -0.2) is 0 Å². The molecule has 0 bridgehead atoms. The van der Waals surface area contributed by atoms with Crippen molar-refractivity contribution in [3.63, 3.8) is 0 Å². The lowest BCUT2D eigenvalue weighted by atomic mass is 10.0.